The molecular formula is C33H28F4N4O2S. The molecule has 0 N–H and O–H groups in total. The maximum atomic E-state index is 15.0. The Morgan fingerprint density at radius 3 is 2.45 bits per heavy atom. The quantitative estimate of drug-likeness (QED) is 0.123. The van der Waals surface area contributed by atoms with Gasteiger partial charge in [0.25, 0.3) is 0 Å². The summed E-state index contributed by atoms with van der Waals surface area (Å²) in [5, 5.41) is 0.725. The Morgan fingerprint density at radius 2 is 1.77 bits per heavy atom. The van der Waals surface area contributed by atoms with Crippen molar-refractivity contribution in [3.63, 3.8) is 0 Å². The zero-order chi connectivity index (χ0) is 31.4. The second-order valence-electron chi connectivity index (χ2n) is 10.1. The number of carbonyl (C=O) groups excluding carboxylic acids is 1. The first-order chi connectivity index (χ1) is 21.1. The molecule has 5 aromatic rings. The number of nitrogens with zero attached hydrogens (tertiary/aromatic N) is 4. The number of aromatic nitrogens is 3. The summed E-state index contributed by atoms with van der Waals surface area (Å²) in [6, 6.07) is 20.3. The number of halogens is 4. The van der Waals surface area contributed by atoms with Gasteiger partial charge >= 0.3 is 6.18 Å². The van der Waals surface area contributed by atoms with Gasteiger partial charge in [-0.3, -0.25) is 14.3 Å². The Labute approximate surface area is 256 Å². The van der Waals surface area contributed by atoms with Crippen molar-refractivity contribution in [2.24, 2.45) is 0 Å². The van der Waals surface area contributed by atoms with E-state index in [1.807, 2.05) is 43.3 Å². The second-order valence-corrected chi connectivity index (χ2v) is 10.5. The molecule has 0 radical (unpaired) electrons. The van der Waals surface area contributed by atoms with Gasteiger partial charge in [0.15, 0.2) is 0 Å². The minimum atomic E-state index is -4.90. The molecule has 1 unspecified atom stereocenters. The molecule has 0 fully saturated rings. The van der Waals surface area contributed by atoms with Crippen LogP contribution in [0.15, 0.2) is 91.3 Å². The SMILES string of the molecule is CCOc1ccc(-n2c(C(C)N(Cc3cccnc3)C(=O)Cc3cccc(C(F)(F)F)c3F)nc3ccccc3c2=S)cc1. The fourth-order valence-corrected chi connectivity index (χ4v) is 5.38. The molecule has 5 rings (SSSR count). The van der Waals surface area contributed by atoms with Gasteiger partial charge < -0.3 is 9.64 Å². The number of para-hydroxylation sites is 1. The van der Waals surface area contributed by atoms with Crippen LogP contribution in [-0.2, 0) is 23.9 Å². The highest BCUT2D eigenvalue weighted by Crippen LogP contribution is 2.33. The van der Waals surface area contributed by atoms with Gasteiger partial charge in [0.1, 0.15) is 22.0 Å². The number of hydrogen-bond acceptors (Lipinski definition) is 5. The molecule has 3 aromatic carbocycles. The van der Waals surface area contributed by atoms with Gasteiger partial charge in [-0.25, -0.2) is 9.37 Å². The first-order valence-corrected chi connectivity index (χ1v) is 14.3. The number of fused-ring (bicyclic) bond motifs is 1. The summed E-state index contributed by atoms with van der Waals surface area (Å²) in [6.07, 6.45) is -2.32. The molecule has 0 aliphatic heterocycles. The average molecular weight is 621 g/mol. The molecule has 0 aliphatic rings. The van der Waals surface area contributed by atoms with E-state index in [4.69, 9.17) is 21.9 Å². The molecule has 226 valence electrons. The van der Waals surface area contributed by atoms with Gasteiger partial charge in [-0.15, -0.1) is 0 Å². The zero-order valence-corrected chi connectivity index (χ0v) is 24.7. The molecule has 0 bridgehead atoms. The van der Waals surface area contributed by atoms with E-state index < -0.39 is 35.9 Å². The molecule has 1 atom stereocenters. The summed E-state index contributed by atoms with van der Waals surface area (Å²) in [4.78, 5) is 24.4. The van der Waals surface area contributed by atoms with E-state index in [1.165, 1.54) is 11.0 Å². The van der Waals surface area contributed by atoms with E-state index in [2.05, 4.69) is 4.98 Å². The van der Waals surface area contributed by atoms with Crippen LogP contribution < -0.4 is 4.74 Å². The van der Waals surface area contributed by atoms with Gasteiger partial charge in [-0.05, 0) is 73.5 Å². The van der Waals surface area contributed by atoms with Gasteiger partial charge in [-0.1, -0.05) is 42.5 Å². The summed E-state index contributed by atoms with van der Waals surface area (Å²) >= 11 is 5.94. The standard InChI is InChI=1S/C33H28F4N4O2S/c1-3-43-25-15-13-24(14-16-25)41-31(39-28-12-5-4-10-26(28)32(41)44)21(2)40(20-22-8-7-17-38-19-22)29(42)18-23-9-6-11-27(30(23)34)33(35,36)37/h4-17,19,21H,3,18,20H2,1-2H3. The minimum Gasteiger partial charge on any atom is -0.494 e. The normalized spacial score (nSPS) is 12.2. The van der Waals surface area contributed by atoms with Crippen LogP contribution in [0.3, 0.4) is 0 Å². The highest BCUT2D eigenvalue weighted by atomic mass is 32.1. The second kappa shape index (κ2) is 12.9. The lowest BCUT2D eigenvalue weighted by atomic mass is 10.0. The number of amides is 1. The van der Waals surface area contributed by atoms with Crippen molar-refractivity contribution in [3.05, 3.63) is 124 Å². The fourth-order valence-electron chi connectivity index (χ4n) is 5.01. The van der Waals surface area contributed by atoms with Crippen LogP contribution in [0.25, 0.3) is 16.6 Å². The Hall–Kier alpha value is -4.64. The molecule has 0 spiro atoms. The molecule has 1 amide bonds. The number of benzene rings is 3. The molecule has 6 nitrogen and oxygen atoms in total. The molecule has 11 heteroatoms. The van der Waals surface area contributed by atoms with Crippen molar-refractivity contribution in [1.29, 1.82) is 0 Å². The lowest BCUT2D eigenvalue weighted by Gasteiger charge is -2.31. The third-order valence-corrected chi connectivity index (χ3v) is 7.57. The van der Waals surface area contributed by atoms with Crippen LogP contribution in [0.1, 0.15) is 42.4 Å². The Kier molecular flexibility index (Phi) is 9.05. The lowest BCUT2D eigenvalue weighted by Crippen LogP contribution is -2.36. The van der Waals surface area contributed by atoms with Crippen molar-refractivity contribution in [2.75, 3.05) is 6.61 Å². The van der Waals surface area contributed by atoms with Crippen LogP contribution in [0.4, 0.5) is 17.6 Å². The first kappa shape index (κ1) is 30.8. The van der Waals surface area contributed by atoms with E-state index in [0.717, 1.165) is 11.5 Å². The number of pyridine rings is 1. The topological polar surface area (TPSA) is 60.2 Å². The summed E-state index contributed by atoms with van der Waals surface area (Å²) in [7, 11) is 0. The molecule has 0 aliphatic carbocycles. The number of alkyl halides is 3. The number of hydrogen-bond donors (Lipinski definition) is 0. The maximum Gasteiger partial charge on any atom is 0.419 e. The van der Waals surface area contributed by atoms with Crippen molar-refractivity contribution >= 4 is 29.0 Å². The van der Waals surface area contributed by atoms with Crippen LogP contribution in [0, 0.1) is 10.5 Å². The van der Waals surface area contributed by atoms with Crippen LogP contribution in [-0.4, -0.2) is 31.9 Å². The third-order valence-electron chi connectivity index (χ3n) is 7.17. The van der Waals surface area contributed by atoms with E-state index in [1.54, 1.807) is 48.1 Å². The fraction of sp³-hybridized carbons (Fsp3) is 0.212. The van der Waals surface area contributed by atoms with Gasteiger partial charge in [0, 0.05) is 30.0 Å². The number of carbonyl (C=O) groups is 1. The number of rotatable bonds is 9. The van der Waals surface area contributed by atoms with Crippen molar-refractivity contribution in [3.8, 4) is 11.4 Å². The minimum absolute atomic E-state index is 0.0406. The Bertz CT molecular complexity index is 1840. The molecular weight excluding hydrogens is 592 g/mol. The molecule has 0 saturated carbocycles. The Morgan fingerprint density at radius 1 is 1.02 bits per heavy atom. The maximum absolute atomic E-state index is 15.0. The van der Waals surface area contributed by atoms with Gasteiger partial charge in [-0.2, -0.15) is 13.2 Å². The van der Waals surface area contributed by atoms with E-state index in [-0.39, 0.29) is 12.1 Å². The molecule has 2 aromatic heterocycles. The summed E-state index contributed by atoms with van der Waals surface area (Å²) < 4.78 is 63.1. The lowest BCUT2D eigenvalue weighted by molar-refractivity contribution is -0.140. The Balaban J connectivity index is 1.63. The monoisotopic (exact) mass is 620 g/mol. The first-order valence-electron chi connectivity index (χ1n) is 13.9. The van der Waals surface area contributed by atoms with Crippen molar-refractivity contribution < 1.29 is 27.1 Å². The number of ether oxygens (including phenoxy) is 1. The molecule has 0 saturated heterocycles. The third kappa shape index (κ3) is 6.47. The van der Waals surface area contributed by atoms with Crippen molar-refractivity contribution in [1.82, 2.24) is 19.4 Å². The summed E-state index contributed by atoms with van der Waals surface area (Å²) in [5.41, 5.74) is 0.178. The largest absolute Gasteiger partial charge is 0.494 e. The smallest absolute Gasteiger partial charge is 0.419 e. The van der Waals surface area contributed by atoms with Crippen molar-refractivity contribution in [2.45, 2.75) is 39.0 Å². The summed E-state index contributed by atoms with van der Waals surface area (Å²) in [5.74, 6) is -0.982. The van der Waals surface area contributed by atoms with Crippen LogP contribution >= 0.6 is 12.2 Å². The highest BCUT2D eigenvalue weighted by Gasteiger charge is 2.35. The molecule has 44 heavy (non-hydrogen) atoms. The molecule has 2 heterocycles. The van der Waals surface area contributed by atoms with Crippen LogP contribution in [0.5, 0.6) is 5.75 Å². The zero-order valence-electron chi connectivity index (χ0n) is 23.9. The van der Waals surface area contributed by atoms with E-state index in [9.17, 15) is 18.0 Å². The van der Waals surface area contributed by atoms with Crippen LogP contribution in [0.2, 0.25) is 0 Å². The van der Waals surface area contributed by atoms with E-state index >= 15 is 4.39 Å². The van der Waals surface area contributed by atoms with Gasteiger partial charge in [0.2, 0.25) is 5.91 Å². The predicted octanol–water partition coefficient (Wildman–Crippen LogP) is 8.04. The van der Waals surface area contributed by atoms with Gasteiger partial charge in [0.05, 0.1) is 30.1 Å². The predicted molar refractivity (Wildman–Crippen MR) is 161 cm³/mol. The summed E-state index contributed by atoms with van der Waals surface area (Å²) in [6.45, 7) is 4.18. The average Bonchev–Trinajstić information content (AvgIpc) is 3.01. The highest BCUT2D eigenvalue weighted by molar-refractivity contribution is 7.71. The van der Waals surface area contributed by atoms with E-state index in [0.29, 0.717) is 45.7 Å².